The van der Waals surface area contributed by atoms with Crippen LogP contribution in [0.15, 0.2) is 6.07 Å². The predicted molar refractivity (Wildman–Crippen MR) is 48.9 cm³/mol. The lowest BCUT2D eigenvalue weighted by atomic mass is 10.2. The summed E-state index contributed by atoms with van der Waals surface area (Å²) in [5.41, 5.74) is -0.883. The van der Waals surface area contributed by atoms with Gasteiger partial charge in [0, 0.05) is 5.69 Å². The van der Waals surface area contributed by atoms with E-state index in [2.05, 4.69) is 5.10 Å². The van der Waals surface area contributed by atoms with Crippen molar-refractivity contribution in [3.63, 3.8) is 0 Å². The van der Waals surface area contributed by atoms with E-state index in [1.807, 2.05) is 0 Å². The number of hydrogen-bond acceptors (Lipinski definition) is 2. The van der Waals surface area contributed by atoms with Crippen LogP contribution in [-0.2, 0) is 11.0 Å². The molecule has 0 aliphatic rings. The molecule has 1 aromatic rings. The fourth-order valence-electron chi connectivity index (χ4n) is 1.39. The summed E-state index contributed by atoms with van der Waals surface area (Å²) in [6.07, 6.45) is -4.37. The van der Waals surface area contributed by atoms with Gasteiger partial charge in [0.1, 0.15) is 6.04 Å². The van der Waals surface area contributed by atoms with Crippen LogP contribution in [0.25, 0.3) is 0 Å². The molecule has 0 aliphatic heterocycles. The van der Waals surface area contributed by atoms with E-state index < -0.39 is 23.9 Å². The van der Waals surface area contributed by atoms with Crippen LogP contribution < -0.4 is 0 Å². The minimum Gasteiger partial charge on any atom is -0.480 e. The van der Waals surface area contributed by atoms with E-state index in [1.54, 1.807) is 6.92 Å². The van der Waals surface area contributed by atoms with Gasteiger partial charge in [0.2, 0.25) is 0 Å². The Morgan fingerprint density at radius 2 is 2.19 bits per heavy atom. The van der Waals surface area contributed by atoms with Gasteiger partial charge in [-0.3, -0.25) is 4.68 Å². The zero-order valence-corrected chi connectivity index (χ0v) is 8.75. The molecule has 0 unspecified atom stereocenters. The average Bonchev–Trinajstić information content (AvgIpc) is 2.48. The quantitative estimate of drug-likeness (QED) is 0.875. The Balaban J connectivity index is 3.15. The molecule has 0 bridgehead atoms. The molecule has 4 nitrogen and oxygen atoms in total. The molecule has 0 fully saturated rings. The number of aliphatic carboxylic acids is 1. The van der Waals surface area contributed by atoms with Crippen molar-refractivity contribution in [2.24, 2.45) is 0 Å². The molecule has 0 radical (unpaired) electrons. The number of hydrogen-bond donors (Lipinski definition) is 1. The summed E-state index contributed by atoms with van der Waals surface area (Å²) >= 11 is 0. The van der Waals surface area contributed by atoms with E-state index in [4.69, 9.17) is 5.11 Å². The van der Waals surface area contributed by atoms with Crippen LogP contribution in [-0.4, -0.2) is 20.9 Å². The second kappa shape index (κ2) is 4.15. The number of aromatic nitrogens is 2. The predicted octanol–water partition coefficient (Wildman–Crippen LogP) is 2.25. The van der Waals surface area contributed by atoms with Gasteiger partial charge in [0.25, 0.3) is 0 Å². The van der Waals surface area contributed by atoms with Crippen molar-refractivity contribution in [3.05, 3.63) is 17.5 Å². The van der Waals surface area contributed by atoms with Crippen LogP contribution in [0.2, 0.25) is 0 Å². The van der Waals surface area contributed by atoms with E-state index in [-0.39, 0.29) is 12.1 Å². The van der Waals surface area contributed by atoms with Crippen LogP contribution in [0, 0.1) is 6.92 Å². The van der Waals surface area contributed by atoms with E-state index in [0.717, 1.165) is 10.7 Å². The fourth-order valence-corrected chi connectivity index (χ4v) is 1.39. The lowest BCUT2D eigenvalue weighted by molar-refractivity contribution is -0.144. The third-order valence-corrected chi connectivity index (χ3v) is 2.18. The van der Waals surface area contributed by atoms with Gasteiger partial charge < -0.3 is 5.11 Å². The summed E-state index contributed by atoms with van der Waals surface area (Å²) in [4.78, 5) is 10.8. The van der Waals surface area contributed by atoms with Crippen molar-refractivity contribution >= 4 is 5.97 Å². The molecule has 0 aromatic carbocycles. The second-order valence-corrected chi connectivity index (χ2v) is 3.38. The highest BCUT2D eigenvalue weighted by Crippen LogP contribution is 2.29. The maximum Gasteiger partial charge on any atom is 0.435 e. The topological polar surface area (TPSA) is 55.1 Å². The number of aryl methyl sites for hydroxylation is 1. The van der Waals surface area contributed by atoms with Crippen molar-refractivity contribution in [2.45, 2.75) is 32.5 Å². The first-order valence-electron chi connectivity index (χ1n) is 4.63. The molecule has 1 heterocycles. The van der Waals surface area contributed by atoms with Gasteiger partial charge in [-0.2, -0.15) is 18.3 Å². The van der Waals surface area contributed by atoms with Crippen molar-refractivity contribution < 1.29 is 23.1 Å². The van der Waals surface area contributed by atoms with Gasteiger partial charge >= 0.3 is 12.1 Å². The van der Waals surface area contributed by atoms with Crippen molar-refractivity contribution in [2.75, 3.05) is 0 Å². The number of alkyl halides is 3. The maximum atomic E-state index is 12.3. The Bertz CT molecular complexity index is 398. The van der Waals surface area contributed by atoms with E-state index in [0.29, 0.717) is 0 Å². The standard InChI is InChI=1S/C9H11F3N2O2/c1-3-6(8(15)16)14-5(2)4-7(13-14)9(10,11)12/h4,6H,3H2,1-2H3,(H,15,16)/t6-/m0/s1. The fraction of sp³-hybridized carbons (Fsp3) is 0.556. The average molecular weight is 236 g/mol. The Labute approximate surface area is 89.7 Å². The molecule has 0 saturated heterocycles. The number of carboxylic acid groups (broad SMARTS) is 1. The van der Waals surface area contributed by atoms with Crippen LogP contribution in [0.3, 0.4) is 0 Å². The molecule has 1 atom stereocenters. The van der Waals surface area contributed by atoms with Gasteiger partial charge in [0.05, 0.1) is 0 Å². The van der Waals surface area contributed by atoms with Gasteiger partial charge in [0.15, 0.2) is 5.69 Å². The first kappa shape index (κ1) is 12.5. The van der Waals surface area contributed by atoms with Gasteiger partial charge in [-0.1, -0.05) is 6.92 Å². The maximum absolute atomic E-state index is 12.3. The highest BCUT2D eigenvalue weighted by molar-refractivity contribution is 5.71. The SMILES string of the molecule is CC[C@@H](C(=O)O)n1nc(C(F)(F)F)cc1C. The van der Waals surface area contributed by atoms with Gasteiger partial charge in [-0.05, 0) is 19.4 Å². The molecule has 0 saturated carbocycles. The largest absolute Gasteiger partial charge is 0.480 e. The molecular weight excluding hydrogens is 225 g/mol. The van der Waals surface area contributed by atoms with E-state index >= 15 is 0 Å². The first-order valence-corrected chi connectivity index (χ1v) is 4.63. The third kappa shape index (κ3) is 2.34. The van der Waals surface area contributed by atoms with Crippen LogP contribution in [0.4, 0.5) is 13.2 Å². The summed E-state index contributed by atoms with van der Waals surface area (Å²) < 4.78 is 37.9. The lowest BCUT2D eigenvalue weighted by Gasteiger charge is -2.12. The molecule has 1 N–H and O–H groups in total. The molecule has 0 spiro atoms. The Hall–Kier alpha value is -1.53. The highest BCUT2D eigenvalue weighted by atomic mass is 19.4. The minimum atomic E-state index is -4.55. The number of rotatable bonds is 3. The molecule has 0 amide bonds. The smallest absolute Gasteiger partial charge is 0.435 e. The van der Waals surface area contributed by atoms with Crippen molar-refractivity contribution in [3.8, 4) is 0 Å². The van der Waals surface area contributed by atoms with Crippen LogP contribution >= 0.6 is 0 Å². The first-order chi connectivity index (χ1) is 7.27. The lowest BCUT2D eigenvalue weighted by Crippen LogP contribution is -2.21. The highest BCUT2D eigenvalue weighted by Gasteiger charge is 2.35. The number of halogens is 3. The molecule has 90 valence electrons. The summed E-state index contributed by atoms with van der Waals surface area (Å²) in [6.45, 7) is 2.97. The van der Waals surface area contributed by atoms with E-state index in [1.165, 1.54) is 6.92 Å². The summed E-state index contributed by atoms with van der Waals surface area (Å²) in [5.74, 6) is -1.19. The zero-order valence-electron chi connectivity index (χ0n) is 8.75. The van der Waals surface area contributed by atoms with Crippen LogP contribution in [0.5, 0.6) is 0 Å². The normalized spacial score (nSPS) is 13.8. The van der Waals surface area contributed by atoms with Crippen molar-refractivity contribution in [1.82, 2.24) is 9.78 Å². The molecule has 1 rings (SSSR count). The number of nitrogens with zero attached hydrogens (tertiary/aromatic N) is 2. The molecule has 0 aliphatic carbocycles. The number of carbonyl (C=O) groups is 1. The summed E-state index contributed by atoms with van der Waals surface area (Å²) in [6, 6.07) is -0.220. The third-order valence-electron chi connectivity index (χ3n) is 2.18. The van der Waals surface area contributed by atoms with Gasteiger partial charge in [-0.15, -0.1) is 0 Å². The Morgan fingerprint density at radius 1 is 1.62 bits per heavy atom. The van der Waals surface area contributed by atoms with Crippen LogP contribution in [0.1, 0.15) is 30.8 Å². The molecular formula is C9H11F3N2O2. The summed E-state index contributed by atoms with van der Waals surface area (Å²) in [5, 5.41) is 12.1. The number of carboxylic acids is 1. The minimum absolute atomic E-state index is 0.176. The van der Waals surface area contributed by atoms with E-state index in [9.17, 15) is 18.0 Å². The molecule has 7 heteroatoms. The Kier molecular flexibility index (Phi) is 3.25. The monoisotopic (exact) mass is 236 g/mol. The van der Waals surface area contributed by atoms with Gasteiger partial charge in [-0.25, -0.2) is 4.79 Å². The van der Waals surface area contributed by atoms with Crippen molar-refractivity contribution in [1.29, 1.82) is 0 Å². The molecule has 16 heavy (non-hydrogen) atoms. The zero-order chi connectivity index (χ0) is 12.5. The summed E-state index contributed by atoms with van der Waals surface area (Å²) in [7, 11) is 0. The second-order valence-electron chi connectivity index (χ2n) is 3.38. The molecule has 1 aromatic heterocycles. The Morgan fingerprint density at radius 3 is 2.50 bits per heavy atom.